The first kappa shape index (κ1) is 18.5. The van der Waals surface area contributed by atoms with Gasteiger partial charge in [0.1, 0.15) is 0 Å². The van der Waals surface area contributed by atoms with Crippen LogP contribution in [0.2, 0.25) is 5.02 Å². The Balaban J connectivity index is 1.77. The fourth-order valence-corrected chi connectivity index (χ4v) is 3.00. The molecule has 6 nitrogen and oxygen atoms in total. The summed E-state index contributed by atoms with van der Waals surface area (Å²) in [6.07, 6.45) is -0.283. The van der Waals surface area contributed by atoms with Crippen molar-refractivity contribution < 1.29 is 14.3 Å². The van der Waals surface area contributed by atoms with Gasteiger partial charge in [-0.05, 0) is 25.5 Å². The molecule has 0 bridgehead atoms. The Morgan fingerprint density at radius 1 is 1.25 bits per heavy atom. The molecule has 1 atom stereocenters. The Labute approximate surface area is 147 Å². The average molecular weight is 354 g/mol. The lowest BCUT2D eigenvalue weighted by molar-refractivity contribution is -0.123. The van der Waals surface area contributed by atoms with Gasteiger partial charge in [0.15, 0.2) is 0 Å². The van der Waals surface area contributed by atoms with Crippen molar-refractivity contribution in [2.24, 2.45) is 0 Å². The molecule has 0 aliphatic carbocycles. The largest absolute Gasteiger partial charge is 0.450 e. The molecule has 1 aromatic rings. The van der Waals surface area contributed by atoms with Crippen LogP contribution in [0.3, 0.4) is 0 Å². The van der Waals surface area contributed by atoms with Crippen LogP contribution in [0.5, 0.6) is 0 Å². The van der Waals surface area contributed by atoms with Crippen molar-refractivity contribution in [1.29, 1.82) is 0 Å². The van der Waals surface area contributed by atoms with Gasteiger partial charge in [-0.15, -0.1) is 0 Å². The normalized spacial score (nSPS) is 16.5. The third kappa shape index (κ3) is 5.11. The van der Waals surface area contributed by atoms with Crippen molar-refractivity contribution in [3.8, 4) is 0 Å². The molecular weight excluding hydrogens is 330 g/mol. The van der Waals surface area contributed by atoms with Crippen LogP contribution in [0.25, 0.3) is 0 Å². The third-order valence-electron chi connectivity index (χ3n) is 4.01. The number of benzene rings is 1. The quantitative estimate of drug-likeness (QED) is 0.882. The van der Waals surface area contributed by atoms with Crippen LogP contribution in [-0.4, -0.2) is 61.1 Å². The predicted octanol–water partition coefficient (Wildman–Crippen LogP) is 2.29. The molecule has 1 aliphatic rings. The number of nitrogens with zero attached hydrogens (tertiary/aromatic N) is 2. The van der Waals surface area contributed by atoms with Crippen LogP contribution in [0.15, 0.2) is 24.3 Å². The summed E-state index contributed by atoms with van der Waals surface area (Å²) < 4.78 is 4.99. The number of carbonyl (C=O) groups excluding carboxylic acids is 2. The van der Waals surface area contributed by atoms with Crippen molar-refractivity contribution in [3.63, 3.8) is 0 Å². The average Bonchev–Trinajstić information content (AvgIpc) is 2.56. The fraction of sp³-hybridized carbons (Fsp3) is 0.529. The van der Waals surface area contributed by atoms with Gasteiger partial charge in [-0.1, -0.05) is 29.8 Å². The van der Waals surface area contributed by atoms with E-state index >= 15 is 0 Å². The molecular formula is C17H24ClN3O3. The van der Waals surface area contributed by atoms with Gasteiger partial charge in [-0.2, -0.15) is 0 Å². The predicted molar refractivity (Wildman–Crippen MR) is 93.0 cm³/mol. The number of nitrogens with one attached hydrogen (secondary N) is 1. The lowest BCUT2D eigenvalue weighted by atomic mass is 10.1. The highest BCUT2D eigenvalue weighted by atomic mass is 35.5. The zero-order valence-electron chi connectivity index (χ0n) is 14.1. The maximum Gasteiger partial charge on any atom is 0.409 e. The molecule has 24 heavy (non-hydrogen) atoms. The van der Waals surface area contributed by atoms with Crippen LogP contribution in [0, 0.1) is 0 Å². The highest BCUT2D eigenvalue weighted by Crippen LogP contribution is 2.22. The van der Waals surface area contributed by atoms with Crippen LogP contribution in [-0.2, 0) is 9.53 Å². The molecule has 1 fully saturated rings. The lowest BCUT2D eigenvalue weighted by Crippen LogP contribution is -2.51. The summed E-state index contributed by atoms with van der Waals surface area (Å²) in [7, 11) is 0. The van der Waals surface area contributed by atoms with E-state index in [1.54, 1.807) is 11.8 Å². The van der Waals surface area contributed by atoms with E-state index in [-0.39, 0.29) is 18.0 Å². The second-order valence-corrected chi connectivity index (χ2v) is 6.18. The number of halogens is 1. The molecule has 132 valence electrons. The van der Waals surface area contributed by atoms with E-state index in [0.29, 0.717) is 44.4 Å². The SMILES string of the molecule is CCOC(=O)N1CCN(CC(=O)N[C@H](C)c2ccccc2Cl)CC1. The maximum absolute atomic E-state index is 12.2. The standard InChI is InChI=1S/C17H24ClN3O3/c1-3-24-17(23)21-10-8-20(9-11-21)12-16(22)19-13(2)14-6-4-5-7-15(14)18/h4-7,13H,3,8-12H2,1-2H3,(H,19,22)/t13-/m1/s1. The maximum atomic E-state index is 12.2. The topological polar surface area (TPSA) is 61.9 Å². The second kappa shape index (κ2) is 8.89. The Bertz CT molecular complexity index is 574. The van der Waals surface area contributed by atoms with Crippen molar-refractivity contribution in [1.82, 2.24) is 15.1 Å². The van der Waals surface area contributed by atoms with Gasteiger partial charge in [0.05, 0.1) is 19.2 Å². The number of piperazine rings is 1. The number of hydrogen-bond donors (Lipinski definition) is 1. The summed E-state index contributed by atoms with van der Waals surface area (Å²) in [6.45, 7) is 6.86. The zero-order valence-corrected chi connectivity index (χ0v) is 14.9. The molecule has 1 N–H and O–H groups in total. The van der Waals surface area contributed by atoms with Gasteiger partial charge in [-0.25, -0.2) is 4.79 Å². The van der Waals surface area contributed by atoms with Crippen LogP contribution >= 0.6 is 11.6 Å². The van der Waals surface area contributed by atoms with E-state index in [1.165, 1.54) is 0 Å². The molecule has 1 aromatic carbocycles. The highest BCUT2D eigenvalue weighted by Gasteiger charge is 2.23. The van der Waals surface area contributed by atoms with Crippen molar-refractivity contribution in [3.05, 3.63) is 34.9 Å². The molecule has 0 spiro atoms. The van der Waals surface area contributed by atoms with E-state index in [0.717, 1.165) is 5.56 Å². The van der Waals surface area contributed by atoms with Gasteiger partial charge in [0.2, 0.25) is 5.91 Å². The fourth-order valence-electron chi connectivity index (χ4n) is 2.70. The van der Waals surface area contributed by atoms with Gasteiger partial charge in [0, 0.05) is 31.2 Å². The Hall–Kier alpha value is -1.79. The monoisotopic (exact) mass is 353 g/mol. The molecule has 1 heterocycles. The van der Waals surface area contributed by atoms with Crippen molar-refractivity contribution in [2.75, 3.05) is 39.3 Å². The summed E-state index contributed by atoms with van der Waals surface area (Å²) in [5.41, 5.74) is 0.902. The summed E-state index contributed by atoms with van der Waals surface area (Å²) >= 11 is 6.15. The van der Waals surface area contributed by atoms with E-state index in [9.17, 15) is 9.59 Å². The number of ether oxygens (including phenoxy) is 1. The van der Waals surface area contributed by atoms with Crippen LogP contribution in [0.4, 0.5) is 4.79 Å². The first-order valence-corrected chi connectivity index (χ1v) is 8.57. The molecule has 0 radical (unpaired) electrons. The molecule has 1 aliphatic heterocycles. The van der Waals surface area contributed by atoms with Crippen molar-refractivity contribution >= 4 is 23.6 Å². The lowest BCUT2D eigenvalue weighted by Gasteiger charge is -2.33. The number of amides is 2. The minimum atomic E-state index is -0.283. The summed E-state index contributed by atoms with van der Waals surface area (Å²) in [4.78, 5) is 27.6. The minimum Gasteiger partial charge on any atom is -0.450 e. The Kier molecular flexibility index (Phi) is 6.87. The van der Waals surface area contributed by atoms with Gasteiger partial charge in [0.25, 0.3) is 0 Å². The summed E-state index contributed by atoms with van der Waals surface area (Å²) in [5.74, 6) is -0.0491. The van der Waals surface area contributed by atoms with Gasteiger partial charge < -0.3 is 15.0 Å². The second-order valence-electron chi connectivity index (χ2n) is 5.77. The first-order valence-electron chi connectivity index (χ1n) is 8.19. The molecule has 7 heteroatoms. The van der Waals surface area contributed by atoms with Crippen LogP contribution < -0.4 is 5.32 Å². The smallest absolute Gasteiger partial charge is 0.409 e. The van der Waals surface area contributed by atoms with Crippen molar-refractivity contribution in [2.45, 2.75) is 19.9 Å². The highest BCUT2D eigenvalue weighted by molar-refractivity contribution is 6.31. The molecule has 0 unspecified atom stereocenters. The molecule has 0 aromatic heterocycles. The minimum absolute atomic E-state index is 0.0491. The zero-order chi connectivity index (χ0) is 17.5. The Morgan fingerprint density at radius 3 is 2.54 bits per heavy atom. The van der Waals surface area contributed by atoms with E-state index in [1.807, 2.05) is 36.1 Å². The van der Waals surface area contributed by atoms with Crippen LogP contribution in [0.1, 0.15) is 25.5 Å². The van der Waals surface area contributed by atoms with Gasteiger partial charge >= 0.3 is 6.09 Å². The molecule has 2 amide bonds. The molecule has 2 rings (SSSR count). The van der Waals surface area contributed by atoms with E-state index in [4.69, 9.17) is 16.3 Å². The van der Waals surface area contributed by atoms with E-state index in [2.05, 4.69) is 5.32 Å². The summed E-state index contributed by atoms with van der Waals surface area (Å²) in [5, 5.41) is 3.61. The number of carbonyl (C=O) groups is 2. The summed E-state index contributed by atoms with van der Waals surface area (Å²) in [6, 6.07) is 7.34. The van der Waals surface area contributed by atoms with Gasteiger partial charge in [-0.3, -0.25) is 9.69 Å². The Morgan fingerprint density at radius 2 is 1.92 bits per heavy atom. The third-order valence-corrected chi connectivity index (χ3v) is 4.36. The molecule has 0 saturated carbocycles. The number of rotatable bonds is 5. The van der Waals surface area contributed by atoms with E-state index < -0.39 is 0 Å². The molecule has 1 saturated heterocycles. The first-order chi connectivity index (χ1) is 11.5. The number of hydrogen-bond acceptors (Lipinski definition) is 4.